The molecule has 0 radical (unpaired) electrons. The Morgan fingerprint density at radius 3 is 2.76 bits per heavy atom. The second-order valence-corrected chi connectivity index (χ2v) is 10.1. The van der Waals surface area contributed by atoms with Crippen molar-refractivity contribution in [2.45, 2.75) is 32.4 Å². The first-order valence-electron chi connectivity index (χ1n) is 10.6. The fourth-order valence-corrected chi connectivity index (χ4v) is 4.50. The molecule has 4 rings (SSSR count). The van der Waals surface area contributed by atoms with Crippen LogP contribution in [0.2, 0.25) is 5.02 Å². The standard InChI is InChI=1S/C23H27ClN4O4S/c1-23(2,3)32-22(29)28-12-15(13-28)25-21-17-7-10-33-20(17)19(26-27-21)16-6-5-14(24)11-18(16)31-9-8-30-4/h5-7,10-11,15H,8-9,12-13H2,1-4H3,(H,25,27). The molecule has 176 valence electrons. The molecular weight excluding hydrogens is 464 g/mol. The van der Waals surface area contributed by atoms with Gasteiger partial charge in [0.2, 0.25) is 0 Å². The zero-order valence-electron chi connectivity index (χ0n) is 19.1. The average molecular weight is 491 g/mol. The van der Waals surface area contributed by atoms with Crippen molar-refractivity contribution in [3.63, 3.8) is 0 Å². The molecule has 3 heterocycles. The molecule has 0 atom stereocenters. The number of anilines is 1. The number of hydrogen-bond donors (Lipinski definition) is 1. The van der Waals surface area contributed by atoms with Gasteiger partial charge >= 0.3 is 6.09 Å². The summed E-state index contributed by atoms with van der Waals surface area (Å²) in [6, 6.07) is 7.59. The zero-order valence-corrected chi connectivity index (χ0v) is 20.6. The fourth-order valence-electron chi connectivity index (χ4n) is 3.45. The smallest absolute Gasteiger partial charge is 0.410 e. The molecule has 1 amide bonds. The third-order valence-electron chi connectivity index (χ3n) is 5.00. The van der Waals surface area contributed by atoms with E-state index in [4.69, 9.17) is 25.8 Å². The van der Waals surface area contributed by atoms with E-state index in [9.17, 15) is 4.79 Å². The average Bonchev–Trinajstić information content (AvgIpc) is 3.20. The summed E-state index contributed by atoms with van der Waals surface area (Å²) in [7, 11) is 1.63. The van der Waals surface area contributed by atoms with E-state index in [1.54, 1.807) is 29.4 Å². The highest BCUT2D eigenvalue weighted by atomic mass is 35.5. The number of aromatic nitrogens is 2. The van der Waals surface area contributed by atoms with E-state index in [0.29, 0.717) is 42.9 Å². The molecule has 0 saturated carbocycles. The number of hydrogen-bond acceptors (Lipinski definition) is 8. The molecule has 8 nitrogen and oxygen atoms in total. The number of methoxy groups -OCH3 is 1. The molecule has 0 unspecified atom stereocenters. The van der Waals surface area contributed by atoms with Gasteiger partial charge in [-0.05, 0) is 50.4 Å². The molecule has 1 saturated heterocycles. The van der Waals surface area contributed by atoms with Gasteiger partial charge in [0.05, 0.1) is 17.3 Å². The van der Waals surface area contributed by atoms with E-state index in [-0.39, 0.29) is 12.1 Å². The predicted octanol–water partition coefficient (Wildman–Crippen LogP) is 5.07. The van der Waals surface area contributed by atoms with Crippen LogP contribution in [-0.4, -0.2) is 66.2 Å². The molecule has 1 N–H and O–H groups in total. The van der Waals surface area contributed by atoms with Gasteiger partial charge in [0, 0.05) is 36.2 Å². The number of benzene rings is 1. The Morgan fingerprint density at radius 2 is 2.03 bits per heavy atom. The molecule has 0 bridgehead atoms. The second-order valence-electron chi connectivity index (χ2n) is 8.77. The number of ether oxygens (including phenoxy) is 3. The van der Waals surface area contributed by atoms with Crippen LogP contribution in [0, 0.1) is 0 Å². The number of likely N-dealkylation sites (tertiary alicyclic amines) is 1. The van der Waals surface area contributed by atoms with Crippen molar-refractivity contribution in [2.24, 2.45) is 0 Å². The van der Waals surface area contributed by atoms with E-state index < -0.39 is 5.60 Å². The van der Waals surface area contributed by atoms with Gasteiger partial charge in [0.25, 0.3) is 0 Å². The van der Waals surface area contributed by atoms with Crippen LogP contribution >= 0.6 is 22.9 Å². The van der Waals surface area contributed by atoms with Gasteiger partial charge in [0.15, 0.2) is 5.82 Å². The molecule has 10 heteroatoms. The van der Waals surface area contributed by atoms with E-state index in [1.807, 2.05) is 44.4 Å². The van der Waals surface area contributed by atoms with Crippen LogP contribution in [0.4, 0.5) is 10.6 Å². The van der Waals surface area contributed by atoms with E-state index in [0.717, 1.165) is 21.3 Å². The summed E-state index contributed by atoms with van der Waals surface area (Å²) in [5, 5.41) is 16.0. The van der Waals surface area contributed by atoms with Crippen molar-refractivity contribution < 1.29 is 19.0 Å². The SMILES string of the molecule is COCCOc1cc(Cl)ccc1-c1nnc(NC2CN(C(=O)OC(C)(C)C)C2)c2ccsc12. The van der Waals surface area contributed by atoms with Crippen LogP contribution in [0.15, 0.2) is 29.6 Å². The molecule has 1 aromatic carbocycles. The number of fused-ring (bicyclic) bond motifs is 1. The number of halogens is 1. The Labute approximate surface area is 201 Å². The van der Waals surface area contributed by atoms with Crippen LogP contribution in [0.25, 0.3) is 21.3 Å². The van der Waals surface area contributed by atoms with Crippen molar-refractivity contribution in [3.8, 4) is 17.0 Å². The minimum atomic E-state index is -0.506. The van der Waals surface area contributed by atoms with E-state index in [2.05, 4.69) is 15.5 Å². The van der Waals surface area contributed by atoms with Gasteiger partial charge < -0.3 is 24.4 Å². The monoisotopic (exact) mass is 490 g/mol. The van der Waals surface area contributed by atoms with Crippen LogP contribution in [0.1, 0.15) is 20.8 Å². The highest BCUT2D eigenvalue weighted by Crippen LogP contribution is 2.39. The van der Waals surface area contributed by atoms with Crippen molar-refractivity contribution in [1.29, 1.82) is 0 Å². The van der Waals surface area contributed by atoms with E-state index in [1.165, 1.54) is 0 Å². The largest absolute Gasteiger partial charge is 0.490 e. The molecule has 0 spiro atoms. The first-order valence-corrected chi connectivity index (χ1v) is 11.9. The lowest BCUT2D eigenvalue weighted by molar-refractivity contribution is 0.0105. The maximum Gasteiger partial charge on any atom is 0.410 e. The molecule has 0 aliphatic carbocycles. The predicted molar refractivity (Wildman–Crippen MR) is 130 cm³/mol. The molecule has 1 aliphatic heterocycles. The highest BCUT2D eigenvalue weighted by molar-refractivity contribution is 7.17. The summed E-state index contributed by atoms with van der Waals surface area (Å²) in [6.07, 6.45) is -0.300. The summed E-state index contributed by atoms with van der Waals surface area (Å²) in [6.45, 7) is 7.56. The van der Waals surface area contributed by atoms with Crippen molar-refractivity contribution >= 4 is 44.9 Å². The van der Waals surface area contributed by atoms with Crippen molar-refractivity contribution in [3.05, 3.63) is 34.7 Å². The van der Waals surface area contributed by atoms with Crippen LogP contribution in [-0.2, 0) is 9.47 Å². The van der Waals surface area contributed by atoms with Crippen LogP contribution in [0.5, 0.6) is 5.75 Å². The number of thiophene rings is 1. The lowest BCUT2D eigenvalue weighted by Gasteiger charge is -2.40. The minimum Gasteiger partial charge on any atom is -0.490 e. The number of carbonyl (C=O) groups is 1. The number of carbonyl (C=O) groups excluding carboxylic acids is 1. The van der Waals surface area contributed by atoms with Gasteiger partial charge in [-0.1, -0.05) is 11.6 Å². The Balaban J connectivity index is 1.52. The first-order chi connectivity index (χ1) is 15.7. The molecule has 1 fully saturated rings. The maximum absolute atomic E-state index is 12.2. The zero-order chi connectivity index (χ0) is 23.6. The lowest BCUT2D eigenvalue weighted by atomic mass is 10.1. The normalized spacial score (nSPS) is 14.3. The topological polar surface area (TPSA) is 85.8 Å². The summed E-state index contributed by atoms with van der Waals surface area (Å²) in [5.41, 5.74) is 1.05. The van der Waals surface area contributed by atoms with E-state index >= 15 is 0 Å². The number of rotatable bonds is 7. The Hall–Kier alpha value is -2.62. The Morgan fingerprint density at radius 1 is 1.24 bits per heavy atom. The molecule has 33 heavy (non-hydrogen) atoms. The third kappa shape index (κ3) is 5.48. The van der Waals surface area contributed by atoms with Gasteiger partial charge in [-0.3, -0.25) is 0 Å². The van der Waals surface area contributed by atoms with Crippen molar-refractivity contribution in [2.75, 3.05) is 38.7 Å². The van der Waals surface area contributed by atoms with Crippen LogP contribution in [0.3, 0.4) is 0 Å². The summed E-state index contributed by atoms with van der Waals surface area (Å²) in [5.74, 6) is 1.33. The van der Waals surface area contributed by atoms with Crippen LogP contribution < -0.4 is 10.1 Å². The molecule has 1 aliphatic rings. The summed E-state index contributed by atoms with van der Waals surface area (Å²) >= 11 is 7.79. The quantitative estimate of drug-likeness (QED) is 0.463. The molecule has 3 aromatic rings. The fraction of sp³-hybridized carbons (Fsp3) is 0.435. The lowest BCUT2D eigenvalue weighted by Crippen LogP contribution is -2.58. The second kappa shape index (κ2) is 9.70. The first kappa shape index (κ1) is 23.5. The van der Waals surface area contributed by atoms with Gasteiger partial charge in [-0.15, -0.1) is 21.5 Å². The Kier molecular flexibility index (Phi) is 6.92. The van der Waals surface area contributed by atoms with Gasteiger partial charge in [0.1, 0.15) is 23.7 Å². The molecular formula is C23H27ClN4O4S. The number of amides is 1. The summed E-state index contributed by atoms with van der Waals surface area (Å²) in [4.78, 5) is 13.9. The number of nitrogens with one attached hydrogen (secondary N) is 1. The molecule has 2 aromatic heterocycles. The van der Waals surface area contributed by atoms with Crippen molar-refractivity contribution in [1.82, 2.24) is 15.1 Å². The minimum absolute atomic E-state index is 0.0873. The Bertz CT molecular complexity index is 1140. The highest BCUT2D eigenvalue weighted by Gasteiger charge is 2.34. The third-order valence-corrected chi connectivity index (χ3v) is 6.16. The van der Waals surface area contributed by atoms with Gasteiger partial charge in [-0.25, -0.2) is 4.79 Å². The maximum atomic E-state index is 12.2. The van der Waals surface area contributed by atoms with Gasteiger partial charge in [-0.2, -0.15) is 0 Å². The number of nitrogens with zero attached hydrogens (tertiary/aromatic N) is 3. The summed E-state index contributed by atoms with van der Waals surface area (Å²) < 4.78 is 17.4.